The number of para-hydroxylation sites is 1. The number of rotatable bonds is 6. The Hall–Kier alpha value is -8.80. The fourth-order valence-corrected chi connectivity index (χ4v) is 10.2. The zero-order valence-electron chi connectivity index (χ0n) is 38.6. The van der Waals surface area contributed by atoms with Gasteiger partial charge in [-0.25, -0.2) is 0 Å². The second kappa shape index (κ2) is 18.5. The second-order valence-electron chi connectivity index (χ2n) is 17.8. The van der Waals surface area contributed by atoms with Crippen LogP contribution in [0.1, 0.15) is 29.2 Å². The zero-order valence-corrected chi connectivity index (χ0v) is 38.6. The molecule has 13 rings (SSSR count). The summed E-state index contributed by atoms with van der Waals surface area (Å²) in [5, 5.41) is 20.4. The van der Waals surface area contributed by atoms with E-state index in [9.17, 15) is 0 Å². The number of hydrogen-bond donors (Lipinski definition) is 2. The van der Waals surface area contributed by atoms with Crippen molar-refractivity contribution in [3.05, 3.63) is 247 Å². The first kappa shape index (κ1) is 42.8. The maximum Gasteiger partial charge on any atom is 0.122 e. The number of aromatic nitrogens is 2. The third-order valence-electron chi connectivity index (χ3n) is 13.4. The number of nitrogen functional groups attached to an aromatic ring is 1. The molecule has 3 N–H and O–H groups in total. The minimum absolute atomic E-state index is 0.0777. The van der Waals surface area contributed by atoms with E-state index < -0.39 is 0 Å². The molecule has 0 aliphatic heterocycles. The molecular formula is C64H51N5. The normalized spacial score (nSPS) is 13.2. The minimum atomic E-state index is 0.0777. The largest absolute Gasteiger partial charge is 0.384 e. The number of nitrogens with one attached hydrogen (secondary N) is 1. The van der Waals surface area contributed by atoms with Crippen molar-refractivity contribution in [1.29, 1.82) is 5.41 Å². The van der Waals surface area contributed by atoms with E-state index in [1.165, 1.54) is 87.4 Å². The van der Waals surface area contributed by atoms with E-state index in [1.54, 1.807) is 0 Å². The fraction of sp³-hybridized carbons (Fsp3) is 0.0625. The zero-order chi connectivity index (χ0) is 46.8. The number of amidine groups is 1. The van der Waals surface area contributed by atoms with Crippen molar-refractivity contribution >= 4 is 88.5 Å². The summed E-state index contributed by atoms with van der Waals surface area (Å²) in [5.41, 5.74) is 17.6. The van der Waals surface area contributed by atoms with Gasteiger partial charge in [-0.2, -0.15) is 0 Å². The quantitative estimate of drug-likeness (QED) is 0.127. The van der Waals surface area contributed by atoms with Crippen molar-refractivity contribution in [2.75, 3.05) is 0 Å². The van der Waals surface area contributed by atoms with E-state index in [1.807, 2.05) is 42.5 Å². The Morgan fingerprint density at radius 1 is 0.565 bits per heavy atom. The van der Waals surface area contributed by atoms with E-state index in [4.69, 9.17) is 11.1 Å². The molecule has 0 radical (unpaired) electrons. The summed E-state index contributed by atoms with van der Waals surface area (Å²) >= 11 is 0. The summed E-state index contributed by atoms with van der Waals surface area (Å²) in [6.45, 7) is 6.25. The van der Waals surface area contributed by atoms with Gasteiger partial charge in [0.25, 0.3) is 0 Å². The molecule has 1 unspecified atom stereocenters. The SMILES string of the molecule is C=NCc1ccccc1.Cc1ccc2ccccc2c1.N=C(N)c1ccc2c(-n3c4ccccc4c4cc5c6c7ccccc7c(-c7ccccc7)cc6n(C6C=CC=CC6)c5cc43)cccc2c1. The topological polar surface area (TPSA) is 72.1 Å². The number of aryl methyl sites for hydroxylation is 1. The first-order valence-corrected chi connectivity index (χ1v) is 23.6. The first-order chi connectivity index (χ1) is 33.9. The fourth-order valence-electron chi connectivity index (χ4n) is 10.2. The number of aliphatic imine (C=N–C) groups is 1. The summed E-state index contributed by atoms with van der Waals surface area (Å²) in [6.07, 6.45) is 9.90. The van der Waals surface area contributed by atoms with Gasteiger partial charge in [-0.05, 0) is 100 Å². The van der Waals surface area contributed by atoms with Gasteiger partial charge < -0.3 is 14.9 Å². The maximum absolute atomic E-state index is 8.02. The Morgan fingerprint density at radius 2 is 1.28 bits per heavy atom. The van der Waals surface area contributed by atoms with Gasteiger partial charge in [-0.1, -0.05) is 200 Å². The smallest absolute Gasteiger partial charge is 0.122 e. The molecule has 0 bridgehead atoms. The molecule has 1 atom stereocenters. The molecule has 0 saturated heterocycles. The van der Waals surface area contributed by atoms with Crippen LogP contribution >= 0.6 is 0 Å². The molecule has 2 aromatic heterocycles. The van der Waals surface area contributed by atoms with Gasteiger partial charge in [0.15, 0.2) is 0 Å². The molecule has 0 fully saturated rings. The van der Waals surface area contributed by atoms with Crippen molar-refractivity contribution in [3.8, 4) is 16.8 Å². The van der Waals surface area contributed by atoms with Crippen LogP contribution in [0.4, 0.5) is 0 Å². The van der Waals surface area contributed by atoms with Crippen LogP contribution in [0.3, 0.4) is 0 Å². The number of benzene rings is 10. The standard InChI is InChI=1S/C45H32N4.C11H10.C8H9N/c46-45(47)30-22-23-32-29(24-30)14-11-21-39(32)49-40-20-10-9-18-34(40)37-25-38-42(27-41(37)49)48(31-15-5-2-6-16-31)43-26-36(28-12-3-1-4-13-28)33-17-7-8-19-35(33)44(38)43;1-9-6-7-10-4-2-3-5-11(10)8-9;1-9-7-8-5-3-2-4-6-8/h1-15,17-27,31H,16H2,(H3,46,47);2-8H,1H3;2-6H,1,7H2. The van der Waals surface area contributed by atoms with E-state index in [0.717, 1.165) is 35.0 Å². The summed E-state index contributed by atoms with van der Waals surface area (Å²) in [4.78, 5) is 3.76. The molecule has 2 heterocycles. The maximum atomic E-state index is 8.02. The number of allylic oxidation sites excluding steroid dienone is 4. The highest BCUT2D eigenvalue weighted by Crippen LogP contribution is 2.45. The first-order valence-electron chi connectivity index (χ1n) is 23.6. The molecule has 12 aromatic rings. The summed E-state index contributed by atoms with van der Waals surface area (Å²) in [7, 11) is 0. The second-order valence-corrected chi connectivity index (χ2v) is 17.8. The summed E-state index contributed by atoms with van der Waals surface area (Å²) < 4.78 is 5.00. The molecule has 1 aliphatic rings. The van der Waals surface area contributed by atoms with E-state index >= 15 is 0 Å². The van der Waals surface area contributed by atoms with Crippen LogP contribution in [0, 0.1) is 12.3 Å². The van der Waals surface area contributed by atoms with Crippen molar-refractivity contribution in [2.45, 2.75) is 25.9 Å². The van der Waals surface area contributed by atoms with E-state index in [0.29, 0.717) is 0 Å². The molecular weight excluding hydrogens is 839 g/mol. The Kier molecular flexibility index (Phi) is 11.5. The van der Waals surface area contributed by atoms with Gasteiger partial charge in [-0.15, -0.1) is 0 Å². The third-order valence-corrected chi connectivity index (χ3v) is 13.4. The van der Waals surface area contributed by atoms with Gasteiger partial charge >= 0.3 is 0 Å². The lowest BCUT2D eigenvalue weighted by Gasteiger charge is -2.19. The van der Waals surface area contributed by atoms with Gasteiger partial charge in [-0.3, -0.25) is 10.4 Å². The molecule has 0 saturated carbocycles. The lowest BCUT2D eigenvalue weighted by molar-refractivity contribution is 0.648. The van der Waals surface area contributed by atoms with Crippen LogP contribution < -0.4 is 5.73 Å². The van der Waals surface area contributed by atoms with Crippen molar-refractivity contribution in [1.82, 2.24) is 9.13 Å². The molecule has 5 nitrogen and oxygen atoms in total. The van der Waals surface area contributed by atoms with Gasteiger partial charge in [0.2, 0.25) is 0 Å². The third kappa shape index (κ3) is 8.04. The Bertz CT molecular complexity index is 3970. The summed E-state index contributed by atoms with van der Waals surface area (Å²) in [6, 6.07) is 73.4. The predicted molar refractivity (Wildman–Crippen MR) is 296 cm³/mol. The van der Waals surface area contributed by atoms with Crippen LogP contribution in [0.5, 0.6) is 0 Å². The lowest BCUT2D eigenvalue weighted by Crippen LogP contribution is -2.10. The molecule has 0 amide bonds. The Morgan fingerprint density at radius 3 is 2.04 bits per heavy atom. The highest BCUT2D eigenvalue weighted by Gasteiger charge is 2.24. The molecule has 332 valence electrons. The van der Waals surface area contributed by atoms with Gasteiger partial charge in [0.05, 0.1) is 40.3 Å². The van der Waals surface area contributed by atoms with Gasteiger partial charge in [0.1, 0.15) is 5.84 Å². The molecule has 5 heteroatoms. The highest BCUT2D eigenvalue weighted by atomic mass is 15.0. The van der Waals surface area contributed by atoms with Crippen molar-refractivity contribution in [2.24, 2.45) is 10.7 Å². The number of nitrogens with two attached hydrogens (primary N) is 1. The van der Waals surface area contributed by atoms with Crippen LogP contribution in [0.15, 0.2) is 236 Å². The number of hydrogen-bond acceptors (Lipinski definition) is 2. The number of fused-ring (bicyclic) bond motifs is 10. The predicted octanol–water partition coefficient (Wildman–Crippen LogP) is 16.2. The molecule has 0 spiro atoms. The van der Waals surface area contributed by atoms with Crippen LogP contribution in [-0.4, -0.2) is 21.7 Å². The number of nitrogens with zero attached hydrogens (tertiary/aromatic N) is 3. The average Bonchev–Trinajstić information content (AvgIpc) is 3.90. The molecule has 69 heavy (non-hydrogen) atoms. The lowest BCUT2D eigenvalue weighted by atomic mass is 9.94. The molecule has 1 aliphatic carbocycles. The molecule has 10 aromatic carbocycles. The van der Waals surface area contributed by atoms with Crippen LogP contribution in [-0.2, 0) is 6.54 Å². The average molecular weight is 890 g/mol. The monoisotopic (exact) mass is 889 g/mol. The van der Waals surface area contributed by atoms with Crippen molar-refractivity contribution in [3.63, 3.8) is 0 Å². The van der Waals surface area contributed by atoms with Gasteiger partial charge in [0, 0.05) is 32.5 Å². The van der Waals surface area contributed by atoms with E-state index in [2.05, 4.69) is 216 Å². The minimum Gasteiger partial charge on any atom is -0.384 e. The Balaban J connectivity index is 0.000000214. The highest BCUT2D eigenvalue weighted by molar-refractivity contribution is 6.27. The van der Waals surface area contributed by atoms with Crippen LogP contribution in [0.25, 0.3) is 92.7 Å². The summed E-state index contributed by atoms with van der Waals surface area (Å²) in [5.74, 6) is 0.0777. The van der Waals surface area contributed by atoms with Crippen LogP contribution in [0.2, 0.25) is 0 Å². The van der Waals surface area contributed by atoms with E-state index in [-0.39, 0.29) is 11.9 Å². The van der Waals surface area contributed by atoms with Crippen molar-refractivity contribution < 1.29 is 0 Å². The Labute approximate surface area is 401 Å².